The van der Waals surface area contributed by atoms with Crippen molar-refractivity contribution < 1.29 is 18.8 Å². The molecule has 1 N–H and O–H groups in total. The summed E-state index contributed by atoms with van der Waals surface area (Å²) in [6.07, 6.45) is 2.47. The summed E-state index contributed by atoms with van der Waals surface area (Å²) in [5.74, 6) is 1.22. The number of methoxy groups -OCH3 is 1. The number of carbonyl (C=O) groups excluding carboxylic acids is 1. The summed E-state index contributed by atoms with van der Waals surface area (Å²) in [6.45, 7) is 0.944. The highest BCUT2D eigenvalue weighted by atomic mass is 16.5. The fourth-order valence-corrected chi connectivity index (χ4v) is 2.62. The second kappa shape index (κ2) is 7.28. The molecule has 0 bridgehead atoms. The Morgan fingerprint density at radius 3 is 3.04 bits per heavy atom. The molecule has 1 aromatic heterocycles. The third-order valence-electron chi connectivity index (χ3n) is 3.85. The molecule has 6 nitrogen and oxygen atoms in total. The zero-order valence-corrected chi connectivity index (χ0v) is 13.1. The summed E-state index contributed by atoms with van der Waals surface area (Å²) in [4.78, 5) is 12.0. The summed E-state index contributed by atoms with van der Waals surface area (Å²) in [5, 5.41) is 6.88. The maximum absolute atomic E-state index is 12.0. The number of aromatic nitrogens is 1. The normalized spacial score (nSPS) is 17.7. The SMILES string of the molecule is COc1ccccc1-c1cc(CNC(=O)C2CCCCO2)on1. The first-order valence-corrected chi connectivity index (χ1v) is 7.76. The molecule has 3 rings (SSSR count). The average molecular weight is 316 g/mol. The summed E-state index contributed by atoms with van der Waals surface area (Å²) >= 11 is 0. The van der Waals surface area contributed by atoms with Crippen molar-refractivity contribution in [3.05, 3.63) is 36.1 Å². The first kappa shape index (κ1) is 15.6. The predicted octanol–water partition coefficient (Wildman–Crippen LogP) is 2.54. The van der Waals surface area contributed by atoms with Crippen LogP contribution >= 0.6 is 0 Å². The predicted molar refractivity (Wildman–Crippen MR) is 83.9 cm³/mol. The van der Waals surface area contributed by atoms with Crippen LogP contribution in [0.15, 0.2) is 34.9 Å². The maximum Gasteiger partial charge on any atom is 0.249 e. The van der Waals surface area contributed by atoms with Gasteiger partial charge in [-0.1, -0.05) is 17.3 Å². The van der Waals surface area contributed by atoms with Crippen molar-refractivity contribution in [3.63, 3.8) is 0 Å². The highest BCUT2D eigenvalue weighted by molar-refractivity contribution is 5.80. The number of benzene rings is 1. The molecule has 1 fully saturated rings. The van der Waals surface area contributed by atoms with Crippen LogP contribution in [0.2, 0.25) is 0 Å². The number of nitrogens with zero attached hydrogens (tertiary/aromatic N) is 1. The van der Waals surface area contributed by atoms with Crippen molar-refractivity contribution in [3.8, 4) is 17.0 Å². The molecule has 2 heterocycles. The Morgan fingerprint density at radius 2 is 2.26 bits per heavy atom. The van der Waals surface area contributed by atoms with E-state index in [1.165, 1.54) is 0 Å². The second-order valence-corrected chi connectivity index (χ2v) is 5.45. The van der Waals surface area contributed by atoms with Gasteiger partial charge in [0.1, 0.15) is 17.5 Å². The van der Waals surface area contributed by atoms with Gasteiger partial charge >= 0.3 is 0 Å². The minimum atomic E-state index is -0.347. The van der Waals surface area contributed by atoms with Crippen molar-refractivity contribution in [1.29, 1.82) is 0 Å². The molecular formula is C17H20N2O4. The van der Waals surface area contributed by atoms with Gasteiger partial charge in [-0.15, -0.1) is 0 Å². The highest BCUT2D eigenvalue weighted by Crippen LogP contribution is 2.28. The Bertz CT molecular complexity index is 662. The lowest BCUT2D eigenvalue weighted by atomic mass is 10.1. The van der Waals surface area contributed by atoms with Crippen molar-refractivity contribution >= 4 is 5.91 Å². The molecule has 0 saturated carbocycles. The maximum atomic E-state index is 12.0. The van der Waals surface area contributed by atoms with E-state index in [0.717, 1.165) is 30.6 Å². The van der Waals surface area contributed by atoms with Gasteiger partial charge in [0.2, 0.25) is 5.91 Å². The van der Waals surface area contributed by atoms with Gasteiger partial charge in [-0.3, -0.25) is 4.79 Å². The van der Waals surface area contributed by atoms with Crippen LogP contribution in [0.25, 0.3) is 11.3 Å². The molecule has 1 aromatic carbocycles. The number of hydrogen-bond acceptors (Lipinski definition) is 5. The molecule has 2 aromatic rings. The lowest BCUT2D eigenvalue weighted by Crippen LogP contribution is -2.37. The molecular weight excluding hydrogens is 296 g/mol. The van der Waals surface area contributed by atoms with Crippen LogP contribution in [-0.4, -0.2) is 30.9 Å². The van der Waals surface area contributed by atoms with Crippen LogP contribution in [0.3, 0.4) is 0 Å². The second-order valence-electron chi connectivity index (χ2n) is 5.45. The van der Waals surface area contributed by atoms with Gasteiger partial charge in [-0.05, 0) is 31.4 Å². The molecule has 1 atom stereocenters. The van der Waals surface area contributed by atoms with E-state index >= 15 is 0 Å². The van der Waals surface area contributed by atoms with Gasteiger partial charge in [0.15, 0.2) is 5.76 Å². The molecule has 0 radical (unpaired) electrons. The van der Waals surface area contributed by atoms with Crippen LogP contribution in [-0.2, 0) is 16.1 Å². The van der Waals surface area contributed by atoms with Crippen LogP contribution in [0.1, 0.15) is 25.0 Å². The quantitative estimate of drug-likeness (QED) is 0.917. The van der Waals surface area contributed by atoms with Crippen LogP contribution in [0.5, 0.6) is 5.75 Å². The zero-order valence-electron chi connectivity index (χ0n) is 13.1. The molecule has 0 spiro atoms. The number of nitrogens with one attached hydrogen (secondary N) is 1. The number of para-hydroxylation sites is 1. The highest BCUT2D eigenvalue weighted by Gasteiger charge is 2.22. The smallest absolute Gasteiger partial charge is 0.249 e. The Balaban J connectivity index is 1.62. The summed E-state index contributed by atoms with van der Waals surface area (Å²) in [5.41, 5.74) is 1.53. The minimum Gasteiger partial charge on any atom is -0.496 e. The Labute approximate surface area is 134 Å². The van der Waals surface area contributed by atoms with Crippen molar-refractivity contribution in [2.45, 2.75) is 31.9 Å². The molecule has 1 saturated heterocycles. The summed E-state index contributed by atoms with van der Waals surface area (Å²) in [6, 6.07) is 9.39. The molecule has 1 aliphatic heterocycles. The van der Waals surface area contributed by atoms with E-state index in [-0.39, 0.29) is 12.0 Å². The fourth-order valence-electron chi connectivity index (χ4n) is 2.62. The number of ether oxygens (including phenoxy) is 2. The van der Waals surface area contributed by atoms with E-state index < -0.39 is 0 Å². The molecule has 23 heavy (non-hydrogen) atoms. The third kappa shape index (κ3) is 3.71. The van der Waals surface area contributed by atoms with Crippen molar-refractivity contribution in [2.24, 2.45) is 0 Å². The Hall–Kier alpha value is -2.34. The molecule has 0 aliphatic carbocycles. The van der Waals surface area contributed by atoms with E-state index in [9.17, 15) is 4.79 Å². The Kier molecular flexibility index (Phi) is 4.92. The Morgan fingerprint density at radius 1 is 1.39 bits per heavy atom. The third-order valence-corrected chi connectivity index (χ3v) is 3.85. The summed E-state index contributed by atoms with van der Waals surface area (Å²) in [7, 11) is 1.62. The molecule has 1 aliphatic rings. The monoisotopic (exact) mass is 316 g/mol. The lowest BCUT2D eigenvalue weighted by Gasteiger charge is -2.21. The van der Waals surface area contributed by atoms with Crippen molar-refractivity contribution in [1.82, 2.24) is 10.5 Å². The first-order valence-electron chi connectivity index (χ1n) is 7.76. The van der Waals surface area contributed by atoms with E-state index in [4.69, 9.17) is 14.0 Å². The topological polar surface area (TPSA) is 73.6 Å². The van der Waals surface area contributed by atoms with Gasteiger partial charge in [-0.2, -0.15) is 0 Å². The number of rotatable bonds is 5. The van der Waals surface area contributed by atoms with Crippen LogP contribution in [0.4, 0.5) is 0 Å². The van der Waals surface area contributed by atoms with Gasteiger partial charge < -0.3 is 19.3 Å². The lowest BCUT2D eigenvalue weighted by molar-refractivity contribution is -0.135. The van der Waals surface area contributed by atoms with Gasteiger partial charge in [0.25, 0.3) is 0 Å². The standard InChI is InChI=1S/C17H20N2O4/c1-21-15-7-3-2-6-13(15)14-10-12(23-19-14)11-18-17(20)16-8-4-5-9-22-16/h2-3,6-7,10,16H,4-5,8-9,11H2,1H3,(H,18,20). The largest absolute Gasteiger partial charge is 0.496 e. The van der Waals surface area contributed by atoms with Gasteiger partial charge in [0.05, 0.1) is 13.7 Å². The number of hydrogen-bond donors (Lipinski definition) is 1. The molecule has 1 unspecified atom stereocenters. The van der Waals surface area contributed by atoms with Crippen LogP contribution < -0.4 is 10.1 Å². The average Bonchev–Trinajstić information content (AvgIpc) is 3.09. The fraction of sp³-hybridized carbons (Fsp3) is 0.412. The zero-order chi connectivity index (χ0) is 16.1. The van der Waals surface area contributed by atoms with E-state index in [2.05, 4.69) is 10.5 Å². The van der Waals surface area contributed by atoms with Gasteiger partial charge in [0, 0.05) is 18.2 Å². The minimum absolute atomic E-state index is 0.0973. The van der Waals surface area contributed by atoms with Crippen LogP contribution in [0, 0.1) is 0 Å². The van der Waals surface area contributed by atoms with Crippen molar-refractivity contribution in [2.75, 3.05) is 13.7 Å². The van der Waals surface area contributed by atoms with E-state index in [1.807, 2.05) is 24.3 Å². The van der Waals surface area contributed by atoms with Gasteiger partial charge in [-0.25, -0.2) is 0 Å². The number of amides is 1. The van der Waals surface area contributed by atoms with E-state index in [0.29, 0.717) is 24.6 Å². The molecule has 122 valence electrons. The number of carbonyl (C=O) groups is 1. The van der Waals surface area contributed by atoms with E-state index in [1.54, 1.807) is 13.2 Å². The molecule has 1 amide bonds. The first-order chi connectivity index (χ1) is 11.3. The summed E-state index contributed by atoms with van der Waals surface area (Å²) < 4.78 is 16.1. The molecule has 6 heteroatoms.